The van der Waals surface area contributed by atoms with Crippen LogP contribution in [0, 0.1) is 6.92 Å². The average Bonchev–Trinajstić information content (AvgIpc) is 3.05. The predicted molar refractivity (Wildman–Crippen MR) is 94.7 cm³/mol. The van der Waals surface area contributed by atoms with Gasteiger partial charge in [0.15, 0.2) is 5.82 Å². The molecule has 7 nitrogen and oxygen atoms in total. The molecule has 1 unspecified atom stereocenters. The number of nitrogens with one attached hydrogen (secondary N) is 2. The zero-order valence-corrected chi connectivity index (χ0v) is 14.6. The number of hydrogen-bond donors (Lipinski definition) is 2. The van der Waals surface area contributed by atoms with Gasteiger partial charge in [-0.3, -0.25) is 9.69 Å². The fourth-order valence-corrected chi connectivity index (χ4v) is 3.14. The molecule has 1 fully saturated rings. The Balaban J connectivity index is 1.62. The van der Waals surface area contributed by atoms with E-state index in [1.807, 2.05) is 18.2 Å². The number of carbonyl (C=O) groups is 1. The van der Waals surface area contributed by atoms with Gasteiger partial charge in [0.25, 0.3) is 0 Å². The molecule has 0 radical (unpaired) electrons. The Labute approximate surface area is 147 Å². The summed E-state index contributed by atoms with van der Waals surface area (Å²) in [5.74, 6) is 1.95. The normalized spacial score (nSPS) is 18.1. The van der Waals surface area contributed by atoms with Gasteiger partial charge in [-0.2, -0.15) is 0 Å². The Hall–Kier alpha value is -2.38. The Morgan fingerprint density at radius 3 is 3.08 bits per heavy atom. The highest BCUT2D eigenvalue weighted by atomic mass is 16.5. The first-order valence-electron chi connectivity index (χ1n) is 8.48. The van der Waals surface area contributed by atoms with Crippen molar-refractivity contribution >= 4 is 11.7 Å². The number of ether oxygens (including phenoxy) is 1. The summed E-state index contributed by atoms with van der Waals surface area (Å²) < 4.78 is 10.5. The van der Waals surface area contributed by atoms with Crippen LogP contribution >= 0.6 is 0 Å². The van der Waals surface area contributed by atoms with E-state index in [2.05, 4.69) is 26.8 Å². The molecular formula is C18H24N4O3. The Kier molecular flexibility index (Phi) is 5.67. The fraction of sp³-hybridized carbons (Fsp3) is 0.444. The van der Waals surface area contributed by atoms with E-state index in [-0.39, 0.29) is 11.9 Å². The van der Waals surface area contributed by atoms with Gasteiger partial charge < -0.3 is 19.9 Å². The summed E-state index contributed by atoms with van der Waals surface area (Å²) >= 11 is 0. The third-order valence-corrected chi connectivity index (χ3v) is 4.37. The minimum Gasteiger partial charge on any atom is -0.496 e. The second kappa shape index (κ2) is 8.13. The molecule has 1 aromatic heterocycles. The van der Waals surface area contributed by atoms with Gasteiger partial charge in [-0.15, -0.1) is 0 Å². The van der Waals surface area contributed by atoms with Crippen LogP contribution in [0.25, 0.3) is 0 Å². The van der Waals surface area contributed by atoms with Crippen LogP contribution in [-0.4, -0.2) is 49.3 Å². The van der Waals surface area contributed by atoms with Crippen LogP contribution in [-0.2, 0) is 4.79 Å². The number of aryl methyl sites for hydroxylation is 1. The van der Waals surface area contributed by atoms with Crippen molar-refractivity contribution in [1.29, 1.82) is 0 Å². The largest absolute Gasteiger partial charge is 0.496 e. The molecule has 134 valence electrons. The maximum atomic E-state index is 12.2. The topological polar surface area (TPSA) is 79.6 Å². The molecule has 25 heavy (non-hydrogen) atoms. The van der Waals surface area contributed by atoms with Gasteiger partial charge >= 0.3 is 0 Å². The van der Waals surface area contributed by atoms with Crippen LogP contribution in [0.4, 0.5) is 5.82 Å². The number of piperazine rings is 1. The molecule has 1 aliphatic heterocycles. The van der Waals surface area contributed by atoms with Gasteiger partial charge in [0.2, 0.25) is 5.91 Å². The monoisotopic (exact) mass is 344 g/mol. The molecule has 0 saturated carbocycles. The molecule has 0 bridgehead atoms. The van der Waals surface area contributed by atoms with Gasteiger partial charge in [-0.1, -0.05) is 23.4 Å². The number of anilines is 1. The summed E-state index contributed by atoms with van der Waals surface area (Å²) in [5.41, 5.74) is 1.14. The van der Waals surface area contributed by atoms with E-state index in [0.717, 1.165) is 30.9 Å². The number of carbonyl (C=O) groups excluding carboxylic acids is 1. The van der Waals surface area contributed by atoms with E-state index in [1.54, 1.807) is 20.1 Å². The van der Waals surface area contributed by atoms with Crippen LogP contribution in [0.3, 0.4) is 0 Å². The summed E-state index contributed by atoms with van der Waals surface area (Å²) in [6.45, 7) is 5.10. The maximum Gasteiger partial charge on any atom is 0.226 e. The van der Waals surface area contributed by atoms with Crippen LogP contribution in [0.15, 0.2) is 34.9 Å². The van der Waals surface area contributed by atoms with Gasteiger partial charge in [0.05, 0.1) is 13.2 Å². The van der Waals surface area contributed by atoms with Crippen molar-refractivity contribution in [1.82, 2.24) is 15.4 Å². The molecule has 1 atom stereocenters. The standard InChI is InChI=1S/C18H24N4O3/c1-13-11-17(21-25-13)20-18(23)7-9-22-10-8-19-12-15(22)14-5-3-4-6-16(14)24-2/h3-6,11,15,19H,7-10,12H2,1-2H3,(H,20,21,23). The van der Waals surface area contributed by atoms with Crippen LogP contribution in [0.2, 0.25) is 0 Å². The lowest BCUT2D eigenvalue weighted by Gasteiger charge is -2.36. The SMILES string of the molecule is COc1ccccc1C1CNCCN1CCC(=O)Nc1cc(C)on1. The number of aromatic nitrogens is 1. The number of hydrogen-bond acceptors (Lipinski definition) is 6. The lowest BCUT2D eigenvalue weighted by molar-refractivity contribution is -0.116. The predicted octanol–water partition coefficient (Wildman–Crippen LogP) is 1.97. The maximum absolute atomic E-state index is 12.2. The highest BCUT2D eigenvalue weighted by Gasteiger charge is 2.26. The van der Waals surface area contributed by atoms with Gasteiger partial charge in [0.1, 0.15) is 11.5 Å². The second-order valence-electron chi connectivity index (χ2n) is 6.12. The van der Waals surface area contributed by atoms with E-state index in [0.29, 0.717) is 24.5 Å². The molecule has 7 heteroatoms. The summed E-state index contributed by atoms with van der Waals surface area (Å²) in [5, 5.41) is 9.98. The molecule has 2 heterocycles. The lowest BCUT2D eigenvalue weighted by Crippen LogP contribution is -2.46. The first-order chi connectivity index (χ1) is 12.2. The Morgan fingerprint density at radius 2 is 2.32 bits per heavy atom. The average molecular weight is 344 g/mol. The number of rotatable bonds is 6. The first-order valence-corrected chi connectivity index (χ1v) is 8.48. The first kappa shape index (κ1) is 17.4. The highest BCUT2D eigenvalue weighted by molar-refractivity contribution is 5.89. The van der Waals surface area contributed by atoms with Crippen molar-refractivity contribution in [2.75, 3.05) is 38.6 Å². The van der Waals surface area contributed by atoms with Gasteiger partial charge in [-0.05, 0) is 13.0 Å². The van der Waals surface area contributed by atoms with E-state index >= 15 is 0 Å². The second-order valence-corrected chi connectivity index (χ2v) is 6.12. The van der Waals surface area contributed by atoms with Crippen LogP contribution in [0.1, 0.15) is 23.8 Å². The van der Waals surface area contributed by atoms with Crippen LogP contribution in [0.5, 0.6) is 5.75 Å². The van der Waals surface area contributed by atoms with Crippen molar-refractivity contribution in [2.45, 2.75) is 19.4 Å². The molecule has 1 aliphatic rings. The quantitative estimate of drug-likeness (QED) is 0.834. The number of methoxy groups -OCH3 is 1. The minimum atomic E-state index is -0.0643. The van der Waals surface area contributed by atoms with Gasteiger partial charge in [0, 0.05) is 44.2 Å². The molecule has 1 aromatic carbocycles. The van der Waals surface area contributed by atoms with E-state index in [4.69, 9.17) is 9.26 Å². The molecular weight excluding hydrogens is 320 g/mol. The zero-order chi connectivity index (χ0) is 17.6. The van der Waals surface area contributed by atoms with Crippen molar-refractivity contribution in [3.63, 3.8) is 0 Å². The van der Waals surface area contributed by atoms with Crippen molar-refractivity contribution in [3.8, 4) is 5.75 Å². The fourth-order valence-electron chi connectivity index (χ4n) is 3.14. The third-order valence-electron chi connectivity index (χ3n) is 4.37. The molecule has 0 spiro atoms. The molecule has 1 saturated heterocycles. The van der Waals surface area contributed by atoms with Crippen molar-refractivity contribution < 1.29 is 14.1 Å². The third kappa shape index (κ3) is 4.37. The summed E-state index contributed by atoms with van der Waals surface area (Å²) in [7, 11) is 1.69. The van der Waals surface area contributed by atoms with E-state index in [1.165, 1.54) is 0 Å². The molecule has 2 aromatic rings. The highest BCUT2D eigenvalue weighted by Crippen LogP contribution is 2.30. The number of benzene rings is 1. The minimum absolute atomic E-state index is 0.0643. The number of para-hydroxylation sites is 1. The molecule has 1 amide bonds. The van der Waals surface area contributed by atoms with E-state index < -0.39 is 0 Å². The van der Waals surface area contributed by atoms with Gasteiger partial charge in [-0.25, -0.2) is 0 Å². The zero-order valence-electron chi connectivity index (χ0n) is 14.6. The van der Waals surface area contributed by atoms with Crippen LogP contribution < -0.4 is 15.4 Å². The van der Waals surface area contributed by atoms with Crippen molar-refractivity contribution in [2.24, 2.45) is 0 Å². The van der Waals surface area contributed by atoms with Crippen molar-refractivity contribution in [3.05, 3.63) is 41.7 Å². The Morgan fingerprint density at radius 1 is 1.48 bits per heavy atom. The Bertz CT molecular complexity index is 716. The molecule has 0 aliphatic carbocycles. The molecule has 2 N–H and O–H groups in total. The summed E-state index contributed by atoms with van der Waals surface area (Å²) in [6, 6.07) is 9.94. The summed E-state index contributed by atoms with van der Waals surface area (Å²) in [4.78, 5) is 14.5. The number of nitrogens with zero attached hydrogens (tertiary/aromatic N) is 2. The van der Waals surface area contributed by atoms with E-state index in [9.17, 15) is 4.79 Å². The molecule has 3 rings (SSSR count). The lowest BCUT2D eigenvalue weighted by atomic mass is 10.0. The smallest absolute Gasteiger partial charge is 0.226 e. The summed E-state index contributed by atoms with van der Waals surface area (Å²) in [6.07, 6.45) is 0.400. The number of amides is 1.